The molecule has 0 saturated carbocycles. The van der Waals surface area contributed by atoms with E-state index in [4.69, 9.17) is 12.5 Å². The Hall–Kier alpha value is 0.0800. The molecule has 1 saturated heterocycles. The number of hydrogen-bond acceptors (Lipinski definition) is 5. The van der Waals surface area contributed by atoms with Gasteiger partial charge in [0.2, 0.25) is 6.29 Å². The number of carbonyl (C=O) groups is 1. The molecule has 0 aromatic heterocycles. The van der Waals surface area contributed by atoms with E-state index >= 15 is 0 Å². The fourth-order valence-electron chi connectivity index (χ4n) is 1.92. The fraction of sp³-hybridized carbons (Fsp3) is 0.900. The molecule has 94 valence electrons. The molecule has 4 atom stereocenters. The van der Waals surface area contributed by atoms with Crippen LogP contribution >= 0.6 is 23.0 Å². The molecule has 0 aromatic carbocycles. The Kier molecular flexibility index (Phi) is 5.42. The van der Waals surface area contributed by atoms with Gasteiger partial charge >= 0.3 is 5.97 Å². The van der Waals surface area contributed by atoms with E-state index in [2.05, 4.69) is 0 Å². The van der Waals surface area contributed by atoms with Crippen molar-refractivity contribution < 1.29 is 17.3 Å². The fourth-order valence-corrected chi connectivity index (χ4v) is 2.33. The van der Waals surface area contributed by atoms with Crippen molar-refractivity contribution in [3.05, 3.63) is 0 Å². The molecule has 1 fully saturated rings. The molecule has 1 aliphatic rings. The van der Waals surface area contributed by atoms with E-state index in [-0.39, 0.29) is 24.2 Å². The van der Waals surface area contributed by atoms with Gasteiger partial charge in [-0.25, -0.2) is 0 Å². The second-order valence-corrected chi connectivity index (χ2v) is 4.75. The number of nitrogens with zero attached hydrogens (tertiary/aromatic N) is 1. The normalized spacial score (nSPS) is 35.1. The van der Waals surface area contributed by atoms with E-state index in [9.17, 15) is 4.79 Å². The van der Waals surface area contributed by atoms with Crippen molar-refractivity contribution in [1.82, 2.24) is 4.90 Å². The predicted molar refractivity (Wildman–Crippen MR) is 67.1 cm³/mol. The lowest BCUT2D eigenvalue weighted by molar-refractivity contribution is -0.219. The van der Waals surface area contributed by atoms with Crippen molar-refractivity contribution in [1.29, 1.82) is 0 Å². The Morgan fingerprint density at radius 2 is 2.12 bits per heavy atom. The predicted octanol–water partition coefficient (Wildman–Crippen LogP) is 1.35. The van der Waals surface area contributed by atoms with Crippen LogP contribution in [0.2, 0.25) is 0 Å². The number of likely N-dealkylation sites (N-methyl/N-ethyl adjacent to an activating group) is 1. The third kappa shape index (κ3) is 3.54. The molecule has 0 radical (unpaired) electrons. The van der Waals surface area contributed by atoms with Crippen LogP contribution in [0.15, 0.2) is 0 Å². The third-order valence-electron chi connectivity index (χ3n) is 2.64. The van der Waals surface area contributed by atoms with Gasteiger partial charge in [0.05, 0.1) is 12.1 Å². The van der Waals surface area contributed by atoms with Crippen molar-refractivity contribution >= 4 is 29.0 Å². The highest BCUT2D eigenvalue weighted by Gasteiger charge is 2.41. The van der Waals surface area contributed by atoms with E-state index in [1.165, 1.54) is 6.92 Å². The zero-order valence-electron chi connectivity index (χ0n) is 9.97. The highest BCUT2D eigenvalue weighted by molar-refractivity contribution is 14.1. The van der Waals surface area contributed by atoms with Gasteiger partial charge in [-0.2, -0.15) is 0 Å². The molecule has 5 nitrogen and oxygen atoms in total. The number of carbonyl (C=O) groups excluding carboxylic acids is 1. The van der Waals surface area contributed by atoms with Crippen molar-refractivity contribution in [3.63, 3.8) is 0 Å². The summed E-state index contributed by atoms with van der Waals surface area (Å²) in [7, 11) is 3.92. The second kappa shape index (κ2) is 6.13. The smallest absolute Gasteiger partial charge is 0.303 e. The van der Waals surface area contributed by atoms with E-state index in [1.807, 2.05) is 25.9 Å². The molecule has 1 rings (SSSR count). The number of hydrogen-bond donors (Lipinski definition) is 0. The lowest BCUT2D eigenvalue weighted by Gasteiger charge is -2.41. The van der Waals surface area contributed by atoms with Crippen LogP contribution in [0.4, 0.5) is 0 Å². The molecule has 0 spiro atoms. The maximum Gasteiger partial charge on any atom is 0.303 e. The van der Waals surface area contributed by atoms with E-state index in [0.717, 1.165) is 6.42 Å². The van der Waals surface area contributed by atoms with Gasteiger partial charge in [-0.3, -0.25) is 7.86 Å². The molecule has 6 heteroatoms. The molecule has 0 N–H and O–H groups in total. The van der Waals surface area contributed by atoms with Crippen LogP contribution in [0.5, 0.6) is 0 Å². The van der Waals surface area contributed by atoms with Crippen LogP contribution in [-0.4, -0.2) is 49.5 Å². The van der Waals surface area contributed by atoms with E-state index in [1.54, 1.807) is 23.0 Å². The molecule has 1 heterocycles. The van der Waals surface area contributed by atoms with Crippen LogP contribution in [0.1, 0.15) is 20.3 Å². The quantitative estimate of drug-likeness (QED) is 0.572. The van der Waals surface area contributed by atoms with E-state index < -0.39 is 6.29 Å². The minimum Gasteiger partial charge on any atom is -0.455 e. The first-order valence-corrected chi connectivity index (χ1v) is 6.10. The van der Waals surface area contributed by atoms with E-state index in [0.29, 0.717) is 0 Å². The monoisotopic (exact) mass is 343 g/mol. The van der Waals surface area contributed by atoms with Gasteiger partial charge in [-0.05, 0) is 27.4 Å². The van der Waals surface area contributed by atoms with Gasteiger partial charge in [0, 0.05) is 6.92 Å². The first kappa shape index (κ1) is 14.1. The zero-order valence-corrected chi connectivity index (χ0v) is 12.1. The zero-order chi connectivity index (χ0) is 12.3. The summed E-state index contributed by atoms with van der Waals surface area (Å²) in [5, 5.41) is 0. The van der Waals surface area contributed by atoms with Gasteiger partial charge < -0.3 is 14.4 Å². The molecule has 3 unspecified atom stereocenters. The summed E-state index contributed by atoms with van der Waals surface area (Å²) in [6, 6.07) is 0.118. The molecular formula is C10H18INO4. The van der Waals surface area contributed by atoms with Crippen molar-refractivity contribution in [3.8, 4) is 0 Å². The number of rotatable bonds is 3. The number of ether oxygens (including phenoxy) is 2. The third-order valence-corrected chi connectivity index (χ3v) is 3.14. The van der Waals surface area contributed by atoms with Gasteiger partial charge in [0.15, 0.2) is 6.10 Å². The van der Waals surface area contributed by atoms with Crippen molar-refractivity contribution in [2.45, 2.75) is 44.8 Å². The summed E-state index contributed by atoms with van der Waals surface area (Å²) in [4.78, 5) is 13.1. The van der Waals surface area contributed by atoms with Crippen LogP contribution < -0.4 is 0 Å². The molecule has 0 bridgehead atoms. The van der Waals surface area contributed by atoms with Crippen LogP contribution in [0, 0.1) is 0 Å². The molecule has 1 aliphatic heterocycles. The standard InChI is InChI=1S/C10H18INO4/c1-6-5-8(12(3)4)9(15-7(2)13)10(14-6)16-11/h6,8-10H,5H2,1-4H3/t6?,8?,9-,10?/m1/s1. The summed E-state index contributed by atoms with van der Waals surface area (Å²) in [5.74, 6) is -0.312. The second-order valence-electron chi connectivity index (χ2n) is 4.24. The highest BCUT2D eigenvalue weighted by atomic mass is 127. The Morgan fingerprint density at radius 1 is 1.50 bits per heavy atom. The van der Waals surface area contributed by atoms with Gasteiger partial charge in [-0.15, -0.1) is 0 Å². The first-order valence-electron chi connectivity index (χ1n) is 5.22. The summed E-state index contributed by atoms with van der Waals surface area (Å²) < 4.78 is 16.1. The maximum absolute atomic E-state index is 11.1. The summed E-state index contributed by atoms with van der Waals surface area (Å²) in [6.07, 6.45) is 0.0433. The topological polar surface area (TPSA) is 48.0 Å². The largest absolute Gasteiger partial charge is 0.455 e. The van der Waals surface area contributed by atoms with Gasteiger partial charge in [0.25, 0.3) is 0 Å². The van der Waals surface area contributed by atoms with Crippen LogP contribution in [0.25, 0.3) is 0 Å². The Labute approximate surface area is 110 Å². The summed E-state index contributed by atoms with van der Waals surface area (Å²) in [6.45, 7) is 3.39. The molecule has 0 aliphatic carbocycles. The summed E-state index contributed by atoms with van der Waals surface area (Å²) in [5.41, 5.74) is 0. The summed E-state index contributed by atoms with van der Waals surface area (Å²) >= 11 is 1.78. The number of halogens is 1. The molecule has 16 heavy (non-hydrogen) atoms. The first-order chi connectivity index (χ1) is 7.45. The van der Waals surface area contributed by atoms with Crippen LogP contribution in [-0.2, 0) is 17.3 Å². The molecule has 0 amide bonds. The van der Waals surface area contributed by atoms with Crippen molar-refractivity contribution in [2.24, 2.45) is 0 Å². The SMILES string of the molecule is CC(=O)O[C@H]1C(OI)OC(C)CC1N(C)C. The average molecular weight is 343 g/mol. The number of esters is 1. The lowest BCUT2D eigenvalue weighted by Crippen LogP contribution is -2.55. The van der Waals surface area contributed by atoms with Crippen LogP contribution in [0.3, 0.4) is 0 Å². The van der Waals surface area contributed by atoms with Gasteiger partial charge in [-0.1, -0.05) is 0 Å². The minimum absolute atomic E-state index is 0.0963. The molecular weight excluding hydrogens is 325 g/mol. The Morgan fingerprint density at radius 3 is 2.56 bits per heavy atom. The van der Waals surface area contributed by atoms with Crippen molar-refractivity contribution in [2.75, 3.05) is 14.1 Å². The lowest BCUT2D eigenvalue weighted by atomic mass is 9.99. The highest BCUT2D eigenvalue weighted by Crippen LogP contribution is 2.27. The Bertz CT molecular complexity index is 249. The molecule has 0 aromatic rings. The Balaban J connectivity index is 2.79. The average Bonchev–Trinajstić information content (AvgIpc) is 2.19. The van der Waals surface area contributed by atoms with Gasteiger partial charge in [0.1, 0.15) is 23.0 Å². The minimum atomic E-state index is -0.499. The maximum atomic E-state index is 11.1.